The van der Waals surface area contributed by atoms with Crippen molar-refractivity contribution in [3.63, 3.8) is 0 Å². The van der Waals surface area contributed by atoms with Gasteiger partial charge in [-0.25, -0.2) is 4.79 Å². The Morgan fingerprint density at radius 1 is 0.806 bits per heavy atom. The summed E-state index contributed by atoms with van der Waals surface area (Å²) in [7, 11) is 0. The predicted molar refractivity (Wildman–Crippen MR) is 125 cm³/mol. The van der Waals surface area contributed by atoms with Gasteiger partial charge in [0.15, 0.2) is 5.78 Å². The molecule has 3 aromatic carbocycles. The third-order valence-corrected chi connectivity index (χ3v) is 5.70. The molecule has 0 spiro atoms. The van der Waals surface area contributed by atoms with Crippen LogP contribution in [0.25, 0.3) is 0 Å². The first-order valence-electron chi connectivity index (χ1n) is 10.6. The lowest BCUT2D eigenvalue weighted by molar-refractivity contribution is 0.101. The van der Waals surface area contributed by atoms with E-state index in [-0.39, 0.29) is 11.8 Å². The minimum atomic E-state index is -0.0629. The average Bonchev–Trinajstić information content (AvgIpc) is 2.81. The topological polar surface area (TPSA) is 52.7 Å². The van der Waals surface area contributed by atoms with Gasteiger partial charge in [-0.2, -0.15) is 0 Å². The Labute approximate surface area is 183 Å². The summed E-state index contributed by atoms with van der Waals surface area (Å²) in [6, 6.07) is 25.9. The third-order valence-electron chi connectivity index (χ3n) is 5.70. The van der Waals surface area contributed by atoms with Crippen molar-refractivity contribution in [2.75, 3.05) is 36.4 Å². The number of hydrogen-bond donors (Lipinski definition) is 1. The first-order valence-corrected chi connectivity index (χ1v) is 10.6. The molecule has 158 valence electrons. The first-order chi connectivity index (χ1) is 15.1. The number of ketones is 1. The highest BCUT2D eigenvalue weighted by atomic mass is 16.2. The fraction of sp³-hybridized carbons (Fsp3) is 0.231. The van der Waals surface area contributed by atoms with E-state index >= 15 is 0 Å². The number of urea groups is 1. The molecule has 31 heavy (non-hydrogen) atoms. The van der Waals surface area contributed by atoms with Crippen molar-refractivity contribution in [1.29, 1.82) is 0 Å². The Bertz CT molecular complexity index is 1040. The number of anilines is 2. The van der Waals surface area contributed by atoms with Crippen LogP contribution in [0.3, 0.4) is 0 Å². The maximum atomic E-state index is 12.9. The van der Waals surface area contributed by atoms with Crippen LogP contribution in [0.15, 0.2) is 78.9 Å². The maximum Gasteiger partial charge on any atom is 0.321 e. The van der Waals surface area contributed by atoms with E-state index in [1.807, 2.05) is 65.6 Å². The molecule has 1 N–H and O–H groups in total. The minimum absolute atomic E-state index is 0.0629. The van der Waals surface area contributed by atoms with E-state index in [1.165, 1.54) is 5.56 Å². The standard InChI is InChI=1S/C26H27N3O2/c1-20(30)22-11-13-24(14-12-22)28-15-17-29(18-16-28)26(31)27-25-10-6-5-9-23(25)19-21-7-3-2-4-8-21/h2-14H,15-19H2,1H3,(H,27,31). The second-order valence-electron chi connectivity index (χ2n) is 7.83. The van der Waals surface area contributed by atoms with E-state index < -0.39 is 0 Å². The van der Waals surface area contributed by atoms with E-state index in [2.05, 4.69) is 28.4 Å². The van der Waals surface area contributed by atoms with Crippen molar-refractivity contribution in [3.8, 4) is 0 Å². The zero-order chi connectivity index (χ0) is 21.6. The zero-order valence-electron chi connectivity index (χ0n) is 17.8. The minimum Gasteiger partial charge on any atom is -0.368 e. The van der Waals surface area contributed by atoms with Gasteiger partial charge in [-0.1, -0.05) is 48.5 Å². The van der Waals surface area contributed by atoms with Gasteiger partial charge in [-0.3, -0.25) is 4.79 Å². The van der Waals surface area contributed by atoms with Crippen LogP contribution in [0.5, 0.6) is 0 Å². The molecule has 1 aliphatic heterocycles. The number of rotatable bonds is 5. The molecule has 1 heterocycles. The zero-order valence-corrected chi connectivity index (χ0v) is 17.8. The number of benzene rings is 3. The number of nitrogens with zero attached hydrogens (tertiary/aromatic N) is 2. The Kier molecular flexibility index (Phi) is 6.32. The van der Waals surface area contributed by atoms with Gasteiger partial charge in [0.1, 0.15) is 0 Å². The van der Waals surface area contributed by atoms with E-state index in [4.69, 9.17) is 0 Å². The Morgan fingerprint density at radius 3 is 2.13 bits per heavy atom. The van der Waals surface area contributed by atoms with Gasteiger partial charge < -0.3 is 15.1 Å². The molecule has 0 aromatic heterocycles. The Balaban J connectivity index is 1.36. The molecule has 0 atom stereocenters. The van der Waals surface area contributed by atoms with Crippen molar-refractivity contribution < 1.29 is 9.59 Å². The van der Waals surface area contributed by atoms with Crippen LogP contribution < -0.4 is 10.2 Å². The third kappa shape index (κ3) is 5.12. The smallest absolute Gasteiger partial charge is 0.321 e. The van der Waals surface area contributed by atoms with E-state index in [9.17, 15) is 9.59 Å². The second-order valence-corrected chi connectivity index (χ2v) is 7.83. The molecule has 0 unspecified atom stereocenters. The monoisotopic (exact) mass is 413 g/mol. The van der Waals surface area contributed by atoms with Crippen molar-refractivity contribution in [2.24, 2.45) is 0 Å². The fourth-order valence-electron chi connectivity index (χ4n) is 3.88. The molecule has 5 heteroatoms. The molecular weight excluding hydrogens is 386 g/mol. The summed E-state index contributed by atoms with van der Waals surface area (Å²) >= 11 is 0. The number of amides is 2. The van der Waals surface area contributed by atoms with Gasteiger partial charge in [0.05, 0.1) is 0 Å². The number of hydrogen-bond acceptors (Lipinski definition) is 3. The van der Waals surface area contributed by atoms with Crippen LogP contribution in [-0.4, -0.2) is 42.9 Å². The molecule has 1 saturated heterocycles. The fourth-order valence-corrected chi connectivity index (χ4v) is 3.88. The van der Waals surface area contributed by atoms with Crippen LogP contribution in [0.1, 0.15) is 28.4 Å². The Morgan fingerprint density at radius 2 is 1.45 bits per heavy atom. The van der Waals surface area contributed by atoms with Gasteiger partial charge in [0.2, 0.25) is 0 Å². The molecule has 1 fully saturated rings. The van der Waals surface area contributed by atoms with E-state index in [0.29, 0.717) is 13.1 Å². The van der Waals surface area contributed by atoms with Gasteiger partial charge in [0, 0.05) is 43.1 Å². The second kappa shape index (κ2) is 9.47. The van der Waals surface area contributed by atoms with Crippen LogP contribution >= 0.6 is 0 Å². The summed E-state index contributed by atoms with van der Waals surface area (Å²) in [5, 5.41) is 3.11. The summed E-state index contributed by atoms with van der Waals surface area (Å²) < 4.78 is 0. The highest BCUT2D eigenvalue weighted by Crippen LogP contribution is 2.21. The van der Waals surface area contributed by atoms with Crippen molar-refractivity contribution in [2.45, 2.75) is 13.3 Å². The number of Topliss-reactive ketones (excluding diaryl/α,β-unsaturated/α-hetero) is 1. The molecular formula is C26H27N3O2. The van der Waals surface area contributed by atoms with Crippen LogP contribution in [0.2, 0.25) is 0 Å². The molecule has 5 nitrogen and oxygen atoms in total. The lowest BCUT2D eigenvalue weighted by atomic mass is 10.0. The number of para-hydroxylation sites is 1. The predicted octanol–water partition coefficient (Wildman–Crippen LogP) is 4.83. The summed E-state index contributed by atoms with van der Waals surface area (Å²) in [5.74, 6) is 0.0700. The van der Waals surface area contributed by atoms with Gasteiger partial charge in [-0.15, -0.1) is 0 Å². The van der Waals surface area contributed by atoms with Gasteiger partial charge in [0.25, 0.3) is 0 Å². The molecule has 3 aromatic rings. The van der Waals surface area contributed by atoms with Crippen LogP contribution in [0.4, 0.5) is 16.2 Å². The van der Waals surface area contributed by atoms with Crippen molar-refractivity contribution >= 4 is 23.2 Å². The summed E-state index contributed by atoms with van der Waals surface area (Å²) in [6.07, 6.45) is 0.779. The molecule has 2 amide bonds. The SMILES string of the molecule is CC(=O)c1ccc(N2CCN(C(=O)Nc3ccccc3Cc3ccccc3)CC2)cc1. The number of carbonyl (C=O) groups is 2. The Hall–Kier alpha value is -3.60. The summed E-state index contributed by atoms with van der Waals surface area (Å²) in [4.78, 5) is 28.5. The molecule has 4 rings (SSSR count). The van der Waals surface area contributed by atoms with E-state index in [1.54, 1.807) is 6.92 Å². The van der Waals surface area contributed by atoms with Crippen molar-refractivity contribution in [3.05, 3.63) is 95.6 Å². The van der Waals surface area contributed by atoms with Gasteiger partial charge >= 0.3 is 6.03 Å². The summed E-state index contributed by atoms with van der Waals surface area (Å²) in [5.41, 5.74) is 4.98. The average molecular weight is 414 g/mol. The normalized spacial score (nSPS) is 13.7. The van der Waals surface area contributed by atoms with Crippen LogP contribution in [-0.2, 0) is 6.42 Å². The lowest BCUT2D eigenvalue weighted by Gasteiger charge is -2.36. The van der Waals surface area contributed by atoms with E-state index in [0.717, 1.165) is 42.0 Å². The first kappa shape index (κ1) is 20.7. The molecule has 0 saturated carbocycles. The molecule has 0 bridgehead atoms. The number of carbonyl (C=O) groups excluding carboxylic acids is 2. The summed E-state index contributed by atoms with van der Waals surface area (Å²) in [6.45, 7) is 4.41. The highest BCUT2D eigenvalue weighted by molar-refractivity contribution is 5.94. The lowest BCUT2D eigenvalue weighted by Crippen LogP contribution is -2.50. The number of nitrogens with one attached hydrogen (secondary N) is 1. The number of piperazine rings is 1. The quantitative estimate of drug-likeness (QED) is 0.610. The van der Waals surface area contributed by atoms with Crippen LogP contribution in [0, 0.1) is 0 Å². The largest absolute Gasteiger partial charge is 0.368 e. The van der Waals surface area contributed by atoms with Crippen molar-refractivity contribution in [1.82, 2.24) is 4.90 Å². The van der Waals surface area contributed by atoms with Gasteiger partial charge in [-0.05, 0) is 54.8 Å². The molecule has 1 aliphatic rings. The molecule has 0 radical (unpaired) electrons. The highest BCUT2D eigenvalue weighted by Gasteiger charge is 2.22. The molecule has 0 aliphatic carbocycles. The maximum absolute atomic E-state index is 12.9.